The molecule has 0 radical (unpaired) electrons. The first-order valence-corrected chi connectivity index (χ1v) is 10.7. The molecule has 0 unspecified atom stereocenters. The molecular formula is C22H20N4O2S. The maximum Gasteiger partial charge on any atom is 0.266 e. The van der Waals surface area contributed by atoms with Gasteiger partial charge in [-0.1, -0.05) is 24.3 Å². The van der Waals surface area contributed by atoms with Crippen molar-refractivity contribution in [1.29, 1.82) is 0 Å². The zero-order valence-corrected chi connectivity index (χ0v) is 16.6. The van der Waals surface area contributed by atoms with Gasteiger partial charge >= 0.3 is 0 Å². The van der Waals surface area contributed by atoms with Crippen LogP contribution in [0.4, 0.5) is 0 Å². The minimum absolute atomic E-state index is 0.0615. The van der Waals surface area contributed by atoms with Crippen LogP contribution in [-0.2, 0) is 11.2 Å². The van der Waals surface area contributed by atoms with Crippen LogP contribution in [0.5, 0.6) is 0 Å². The van der Waals surface area contributed by atoms with Gasteiger partial charge in [-0.25, -0.2) is 0 Å². The van der Waals surface area contributed by atoms with Crippen LogP contribution in [0, 0.1) is 0 Å². The van der Waals surface area contributed by atoms with E-state index >= 15 is 0 Å². The average Bonchev–Trinajstić information content (AvgIpc) is 3.46. The van der Waals surface area contributed by atoms with E-state index in [2.05, 4.69) is 15.2 Å². The minimum atomic E-state index is 0.0615. The van der Waals surface area contributed by atoms with Crippen molar-refractivity contribution in [3.05, 3.63) is 64.8 Å². The van der Waals surface area contributed by atoms with Crippen LogP contribution < -0.4 is 0 Å². The Morgan fingerprint density at radius 2 is 2.14 bits per heavy atom. The molecule has 0 bridgehead atoms. The predicted octanol–water partition coefficient (Wildman–Crippen LogP) is 4.30. The van der Waals surface area contributed by atoms with Gasteiger partial charge in [0.15, 0.2) is 0 Å². The topological polar surface area (TPSA) is 72.1 Å². The summed E-state index contributed by atoms with van der Waals surface area (Å²) in [6.45, 7) is 1.40. The standard InChI is InChI=1S/C22H20N4O2S/c27-19(12-15-8-11-29-14-15)26-10-3-5-17(13-26)21-24-25-22(28-21)20-18-6-2-1-4-16(18)7-9-23-20/h1-2,4,6-9,11,14,17H,3,5,10,12-13H2/t17-/m1/s1. The number of fused-ring (bicyclic) bond motifs is 1. The molecule has 1 aliphatic rings. The highest BCUT2D eigenvalue weighted by Gasteiger charge is 2.29. The molecular weight excluding hydrogens is 384 g/mol. The van der Waals surface area contributed by atoms with E-state index in [4.69, 9.17) is 4.42 Å². The Morgan fingerprint density at radius 1 is 1.21 bits per heavy atom. The van der Waals surface area contributed by atoms with Gasteiger partial charge in [0, 0.05) is 24.7 Å². The van der Waals surface area contributed by atoms with Crippen LogP contribution in [0.25, 0.3) is 22.4 Å². The number of rotatable bonds is 4. The van der Waals surface area contributed by atoms with Crippen molar-refractivity contribution < 1.29 is 9.21 Å². The SMILES string of the molecule is O=C(Cc1ccsc1)N1CCC[C@@H](c2nnc(-c3nccc4ccccc34)o2)C1. The molecule has 146 valence electrons. The van der Waals surface area contributed by atoms with E-state index in [0.717, 1.165) is 35.7 Å². The van der Waals surface area contributed by atoms with Gasteiger partial charge in [0.05, 0.1) is 12.3 Å². The van der Waals surface area contributed by atoms with E-state index in [0.29, 0.717) is 30.4 Å². The van der Waals surface area contributed by atoms with Crippen molar-refractivity contribution in [2.24, 2.45) is 0 Å². The summed E-state index contributed by atoms with van der Waals surface area (Å²) in [5, 5.41) is 14.7. The number of benzene rings is 1. The largest absolute Gasteiger partial charge is 0.419 e. The van der Waals surface area contributed by atoms with E-state index in [1.807, 2.05) is 52.1 Å². The number of thiophene rings is 1. The zero-order valence-electron chi connectivity index (χ0n) is 15.8. The van der Waals surface area contributed by atoms with E-state index in [9.17, 15) is 4.79 Å². The number of amides is 1. The van der Waals surface area contributed by atoms with Gasteiger partial charge in [-0.15, -0.1) is 10.2 Å². The summed E-state index contributed by atoms with van der Waals surface area (Å²) in [4.78, 5) is 19.1. The van der Waals surface area contributed by atoms with Gasteiger partial charge in [-0.05, 0) is 46.7 Å². The van der Waals surface area contributed by atoms with Crippen LogP contribution in [0.1, 0.15) is 30.2 Å². The Hall–Kier alpha value is -3.06. The van der Waals surface area contributed by atoms with E-state index in [1.54, 1.807) is 17.5 Å². The Bertz CT molecular complexity index is 1130. The third-order valence-electron chi connectivity index (χ3n) is 5.38. The van der Waals surface area contributed by atoms with Gasteiger partial charge in [-0.2, -0.15) is 11.3 Å². The van der Waals surface area contributed by atoms with E-state index < -0.39 is 0 Å². The molecule has 1 fully saturated rings. The summed E-state index contributed by atoms with van der Waals surface area (Å²) in [5.74, 6) is 1.23. The quantitative estimate of drug-likeness (QED) is 0.507. The van der Waals surface area contributed by atoms with Gasteiger partial charge in [0.1, 0.15) is 5.69 Å². The number of piperidine rings is 1. The first kappa shape index (κ1) is 18.0. The number of pyridine rings is 1. The molecule has 4 heterocycles. The van der Waals surface area contributed by atoms with Crippen molar-refractivity contribution in [3.8, 4) is 11.6 Å². The summed E-state index contributed by atoms with van der Waals surface area (Å²) >= 11 is 1.62. The number of hydrogen-bond acceptors (Lipinski definition) is 6. The maximum atomic E-state index is 12.7. The monoisotopic (exact) mass is 404 g/mol. The van der Waals surface area contributed by atoms with Gasteiger partial charge in [0.2, 0.25) is 11.8 Å². The Balaban J connectivity index is 1.35. The molecule has 4 aromatic rings. The molecule has 1 aliphatic heterocycles. The lowest BCUT2D eigenvalue weighted by Gasteiger charge is -2.31. The molecule has 0 N–H and O–H groups in total. The fourth-order valence-corrected chi connectivity index (χ4v) is 4.54. The summed E-state index contributed by atoms with van der Waals surface area (Å²) in [6.07, 6.45) is 4.08. The van der Waals surface area contributed by atoms with Crippen LogP contribution >= 0.6 is 11.3 Å². The summed E-state index contributed by atoms with van der Waals surface area (Å²) in [6, 6.07) is 12.0. The highest BCUT2D eigenvalue weighted by molar-refractivity contribution is 7.08. The second-order valence-corrected chi connectivity index (χ2v) is 8.09. The number of nitrogens with zero attached hydrogens (tertiary/aromatic N) is 4. The first-order chi connectivity index (χ1) is 14.3. The molecule has 6 nitrogen and oxygen atoms in total. The first-order valence-electron chi connectivity index (χ1n) is 9.74. The molecule has 1 atom stereocenters. The molecule has 0 spiro atoms. The molecule has 1 amide bonds. The number of carbonyl (C=O) groups excluding carboxylic acids is 1. The molecule has 5 rings (SSSR count). The Morgan fingerprint density at radius 3 is 3.03 bits per heavy atom. The van der Waals surface area contributed by atoms with Crippen LogP contribution in [0.3, 0.4) is 0 Å². The Kier molecular flexibility index (Phi) is 4.81. The zero-order chi connectivity index (χ0) is 19.6. The van der Waals surface area contributed by atoms with E-state index in [-0.39, 0.29) is 11.8 Å². The number of hydrogen-bond donors (Lipinski definition) is 0. The molecule has 1 aromatic carbocycles. The van der Waals surface area contributed by atoms with Gasteiger partial charge < -0.3 is 9.32 Å². The lowest BCUT2D eigenvalue weighted by Crippen LogP contribution is -2.40. The van der Waals surface area contributed by atoms with Crippen molar-refractivity contribution in [2.75, 3.05) is 13.1 Å². The van der Waals surface area contributed by atoms with E-state index in [1.165, 1.54) is 0 Å². The molecule has 29 heavy (non-hydrogen) atoms. The minimum Gasteiger partial charge on any atom is -0.419 e. The van der Waals surface area contributed by atoms with Gasteiger partial charge in [0.25, 0.3) is 5.89 Å². The molecule has 0 saturated carbocycles. The average molecular weight is 404 g/mol. The summed E-state index contributed by atoms with van der Waals surface area (Å²) in [7, 11) is 0. The summed E-state index contributed by atoms with van der Waals surface area (Å²) in [5.41, 5.74) is 1.77. The number of carbonyl (C=O) groups is 1. The second kappa shape index (κ2) is 7.75. The molecule has 0 aliphatic carbocycles. The third-order valence-corrected chi connectivity index (χ3v) is 6.11. The molecule has 3 aromatic heterocycles. The van der Waals surface area contributed by atoms with Crippen molar-refractivity contribution >= 4 is 28.0 Å². The summed E-state index contributed by atoms with van der Waals surface area (Å²) < 4.78 is 6.03. The lowest BCUT2D eigenvalue weighted by molar-refractivity contribution is -0.131. The number of aromatic nitrogens is 3. The predicted molar refractivity (Wildman–Crippen MR) is 112 cm³/mol. The Labute approximate surface area is 172 Å². The number of likely N-dealkylation sites (tertiary alicyclic amines) is 1. The van der Waals surface area contributed by atoms with Gasteiger partial charge in [-0.3, -0.25) is 9.78 Å². The van der Waals surface area contributed by atoms with Crippen LogP contribution in [0.15, 0.2) is 57.8 Å². The third kappa shape index (κ3) is 3.65. The smallest absolute Gasteiger partial charge is 0.266 e. The lowest BCUT2D eigenvalue weighted by atomic mass is 9.97. The molecule has 7 heteroatoms. The highest BCUT2D eigenvalue weighted by atomic mass is 32.1. The highest BCUT2D eigenvalue weighted by Crippen LogP contribution is 2.30. The maximum absolute atomic E-state index is 12.7. The normalized spacial score (nSPS) is 17.0. The fraction of sp³-hybridized carbons (Fsp3) is 0.273. The van der Waals surface area contributed by atoms with Crippen LogP contribution in [-0.4, -0.2) is 39.1 Å². The molecule has 1 saturated heterocycles. The van der Waals surface area contributed by atoms with Crippen molar-refractivity contribution in [2.45, 2.75) is 25.2 Å². The van der Waals surface area contributed by atoms with Crippen molar-refractivity contribution in [3.63, 3.8) is 0 Å². The van der Waals surface area contributed by atoms with Crippen molar-refractivity contribution in [1.82, 2.24) is 20.1 Å². The van der Waals surface area contributed by atoms with Crippen LogP contribution in [0.2, 0.25) is 0 Å². The fourth-order valence-electron chi connectivity index (χ4n) is 3.87. The second-order valence-electron chi connectivity index (χ2n) is 7.31.